The van der Waals surface area contributed by atoms with Crippen LogP contribution in [0.2, 0.25) is 0 Å². The summed E-state index contributed by atoms with van der Waals surface area (Å²) in [5.41, 5.74) is -0.138. The van der Waals surface area contributed by atoms with Crippen LogP contribution in [-0.2, 0) is 9.53 Å². The van der Waals surface area contributed by atoms with Gasteiger partial charge in [0.15, 0.2) is 17.6 Å². The van der Waals surface area contributed by atoms with E-state index in [9.17, 15) is 9.59 Å². The quantitative estimate of drug-likeness (QED) is 0.739. The monoisotopic (exact) mass is 401 g/mol. The first-order valence-corrected chi connectivity index (χ1v) is 8.41. The molecule has 0 spiro atoms. The van der Waals surface area contributed by atoms with Gasteiger partial charge in [0.2, 0.25) is 0 Å². The lowest BCUT2D eigenvalue weighted by Crippen LogP contribution is -2.46. The van der Waals surface area contributed by atoms with Gasteiger partial charge in [-0.3, -0.25) is 4.79 Å². The maximum absolute atomic E-state index is 12.3. The van der Waals surface area contributed by atoms with Crippen LogP contribution in [0.5, 0.6) is 11.5 Å². The molecule has 1 N–H and O–H groups in total. The van der Waals surface area contributed by atoms with E-state index in [4.69, 9.17) is 14.2 Å². The maximum Gasteiger partial charge on any atom is 0.339 e. The predicted molar refractivity (Wildman–Crippen MR) is 94.6 cm³/mol. The number of hydrogen-bond donors (Lipinski definition) is 1. The number of rotatable bonds is 6. The minimum atomic E-state index is -0.909. The smallest absolute Gasteiger partial charge is 0.339 e. The Kier molecular flexibility index (Phi) is 7.08. The van der Waals surface area contributed by atoms with E-state index < -0.39 is 17.6 Å². The van der Waals surface area contributed by atoms with Crippen LogP contribution in [0.1, 0.15) is 45.0 Å². The number of methoxy groups -OCH3 is 1. The summed E-state index contributed by atoms with van der Waals surface area (Å²) in [4.78, 5) is 24.3. The minimum absolute atomic E-state index is 0.262. The third-order valence-corrected chi connectivity index (χ3v) is 3.49. The molecule has 0 aliphatic rings. The van der Waals surface area contributed by atoms with Crippen LogP contribution < -0.4 is 14.8 Å². The van der Waals surface area contributed by atoms with E-state index >= 15 is 0 Å². The molecule has 0 radical (unpaired) electrons. The molecule has 7 heteroatoms. The second-order valence-electron chi connectivity index (χ2n) is 6.21. The first kappa shape index (κ1) is 20.3. The molecule has 1 rings (SSSR count). The summed E-state index contributed by atoms with van der Waals surface area (Å²) in [6.45, 7) is 9.40. The minimum Gasteiger partial charge on any atom is -0.493 e. The molecular weight excluding hydrogens is 378 g/mol. The van der Waals surface area contributed by atoms with Gasteiger partial charge in [-0.2, -0.15) is 0 Å². The fraction of sp³-hybridized carbons (Fsp3) is 0.529. The Labute approximate surface area is 151 Å². The van der Waals surface area contributed by atoms with Crippen LogP contribution in [0.3, 0.4) is 0 Å². The topological polar surface area (TPSA) is 73.9 Å². The molecular formula is C17H24BrNO5. The predicted octanol–water partition coefficient (Wildman–Crippen LogP) is 3.32. The van der Waals surface area contributed by atoms with E-state index in [1.807, 2.05) is 27.7 Å². The number of ether oxygens (including phenoxy) is 3. The van der Waals surface area contributed by atoms with Gasteiger partial charge in [-0.05, 0) is 62.7 Å². The number of halogens is 1. The summed E-state index contributed by atoms with van der Waals surface area (Å²) in [7, 11) is 1.48. The SMILES string of the molecule is CCOc1c(Br)cc(C(=O)O[C@@H](C)C(=O)NC(C)(C)C)cc1OC. The number of esters is 1. The second-order valence-corrected chi connectivity index (χ2v) is 7.06. The van der Waals surface area contributed by atoms with Gasteiger partial charge in [0.1, 0.15) is 0 Å². The van der Waals surface area contributed by atoms with Crippen molar-refractivity contribution in [3.63, 3.8) is 0 Å². The van der Waals surface area contributed by atoms with E-state index in [0.29, 0.717) is 22.6 Å². The van der Waals surface area contributed by atoms with Crippen molar-refractivity contribution in [2.45, 2.75) is 46.3 Å². The molecule has 1 aromatic carbocycles. The van der Waals surface area contributed by atoms with Gasteiger partial charge in [0, 0.05) is 5.54 Å². The summed E-state index contributed by atoms with van der Waals surface area (Å²) >= 11 is 3.35. The molecule has 0 aliphatic heterocycles. The van der Waals surface area contributed by atoms with Crippen molar-refractivity contribution in [2.24, 2.45) is 0 Å². The van der Waals surface area contributed by atoms with Crippen LogP contribution in [0.25, 0.3) is 0 Å². The number of amides is 1. The number of carbonyl (C=O) groups excluding carboxylic acids is 2. The van der Waals surface area contributed by atoms with Crippen LogP contribution in [0.4, 0.5) is 0 Å². The van der Waals surface area contributed by atoms with E-state index in [1.54, 1.807) is 6.07 Å². The third kappa shape index (κ3) is 5.70. The number of carbonyl (C=O) groups is 2. The summed E-state index contributed by atoms with van der Waals surface area (Å²) in [5.74, 6) is -0.0542. The summed E-state index contributed by atoms with van der Waals surface area (Å²) in [6.07, 6.45) is -0.909. The van der Waals surface area contributed by atoms with E-state index in [1.165, 1.54) is 20.1 Å². The van der Waals surface area contributed by atoms with E-state index in [0.717, 1.165) is 0 Å². The highest BCUT2D eigenvalue weighted by atomic mass is 79.9. The van der Waals surface area contributed by atoms with Crippen molar-refractivity contribution in [1.82, 2.24) is 5.32 Å². The van der Waals surface area contributed by atoms with Crippen LogP contribution in [-0.4, -0.2) is 37.2 Å². The molecule has 1 amide bonds. The summed E-state index contributed by atoms with van der Waals surface area (Å²) < 4.78 is 16.5. The fourth-order valence-electron chi connectivity index (χ4n) is 1.88. The van der Waals surface area contributed by atoms with E-state index in [-0.39, 0.29) is 11.5 Å². The van der Waals surface area contributed by atoms with Crippen molar-refractivity contribution >= 4 is 27.8 Å². The molecule has 134 valence electrons. The van der Waals surface area contributed by atoms with Gasteiger partial charge >= 0.3 is 5.97 Å². The molecule has 0 bridgehead atoms. The normalized spacial score (nSPS) is 12.3. The molecule has 0 aromatic heterocycles. The molecule has 0 unspecified atom stereocenters. The summed E-state index contributed by atoms with van der Waals surface area (Å²) in [6, 6.07) is 3.09. The lowest BCUT2D eigenvalue weighted by atomic mass is 10.1. The molecule has 0 saturated carbocycles. The van der Waals surface area contributed by atoms with Crippen molar-refractivity contribution in [2.75, 3.05) is 13.7 Å². The fourth-order valence-corrected chi connectivity index (χ4v) is 2.43. The Bertz CT molecular complexity index is 610. The van der Waals surface area contributed by atoms with Gasteiger partial charge in [0.05, 0.1) is 23.8 Å². The number of benzene rings is 1. The zero-order valence-corrected chi connectivity index (χ0v) is 16.4. The van der Waals surface area contributed by atoms with Crippen molar-refractivity contribution < 1.29 is 23.8 Å². The third-order valence-electron chi connectivity index (χ3n) is 2.91. The molecule has 0 fully saturated rings. The molecule has 6 nitrogen and oxygen atoms in total. The standard InChI is InChI=1S/C17H24BrNO5/c1-7-23-14-12(18)8-11(9-13(14)22-6)16(21)24-10(2)15(20)19-17(3,4)5/h8-10H,7H2,1-6H3,(H,19,20)/t10-/m0/s1. The Balaban J connectivity index is 2.92. The number of nitrogens with one attached hydrogen (secondary N) is 1. The van der Waals surface area contributed by atoms with Gasteiger partial charge in [-0.1, -0.05) is 0 Å². The maximum atomic E-state index is 12.3. The highest BCUT2D eigenvalue weighted by Gasteiger charge is 2.24. The lowest BCUT2D eigenvalue weighted by Gasteiger charge is -2.23. The van der Waals surface area contributed by atoms with Gasteiger partial charge in [0.25, 0.3) is 5.91 Å². The second kappa shape index (κ2) is 8.37. The highest BCUT2D eigenvalue weighted by molar-refractivity contribution is 9.10. The molecule has 1 atom stereocenters. The molecule has 1 aromatic rings. The van der Waals surface area contributed by atoms with Crippen LogP contribution in [0.15, 0.2) is 16.6 Å². The first-order chi connectivity index (χ1) is 11.1. The Morgan fingerprint density at radius 1 is 1.29 bits per heavy atom. The van der Waals surface area contributed by atoms with Gasteiger partial charge in [-0.25, -0.2) is 4.79 Å². The Hall–Kier alpha value is -1.76. The molecule has 24 heavy (non-hydrogen) atoms. The lowest BCUT2D eigenvalue weighted by molar-refractivity contribution is -0.130. The molecule has 0 aliphatic carbocycles. The van der Waals surface area contributed by atoms with Crippen molar-refractivity contribution in [3.8, 4) is 11.5 Å². The Morgan fingerprint density at radius 3 is 2.42 bits per heavy atom. The van der Waals surface area contributed by atoms with Crippen LogP contribution >= 0.6 is 15.9 Å². The van der Waals surface area contributed by atoms with E-state index in [2.05, 4.69) is 21.2 Å². The van der Waals surface area contributed by atoms with Gasteiger partial charge < -0.3 is 19.5 Å². The van der Waals surface area contributed by atoms with Crippen molar-refractivity contribution in [3.05, 3.63) is 22.2 Å². The average molecular weight is 402 g/mol. The largest absolute Gasteiger partial charge is 0.493 e. The molecule has 0 saturated heterocycles. The average Bonchev–Trinajstić information content (AvgIpc) is 2.47. The number of hydrogen-bond acceptors (Lipinski definition) is 5. The van der Waals surface area contributed by atoms with Gasteiger partial charge in [-0.15, -0.1) is 0 Å². The zero-order valence-electron chi connectivity index (χ0n) is 14.9. The van der Waals surface area contributed by atoms with Crippen LogP contribution in [0, 0.1) is 0 Å². The first-order valence-electron chi connectivity index (χ1n) is 7.62. The van der Waals surface area contributed by atoms with Crippen molar-refractivity contribution in [1.29, 1.82) is 0 Å². The molecule has 0 heterocycles. The highest BCUT2D eigenvalue weighted by Crippen LogP contribution is 2.36. The zero-order chi connectivity index (χ0) is 18.5. The summed E-state index contributed by atoms with van der Waals surface area (Å²) in [5, 5.41) is 2.77. The Morgan fingerprint density at radius 2 is 1.92 bits per heavy atom.